The minimum absolute atomic E-state index is 0.167. The van der Waals surface area contributed by atoms with Crippen molar-refractivity contribution in [1.29, 1.82) is 5.26 Å². The van der Waals surface area contributed by atoms with E-state index >= 15 is 0 Å². The van der Waals surface area contributed by atoms with Crippen LogP contribution < -0.4 is 0 Å². The summed E-state index contributed by atoms with van der Waals surface area (Å²) in [4.78, 5) is 7.29. The van der Waals surface area contributed by atoms with E-state index in [0.29, 0.717) is 0 Å². The van der Waals surface area contributed by atoms with Crippen LogP contribution in [0, 0.1) is 24.5 Å². The molecule has 0 fully saturated rings. The van der Waals surface area contributed by atoms with Crippen molar-refractivity contribution < 1.29 is 0 Å². The number of nitriles is 1. The highest BCUT2D eigenvalue weighted by molar-refractivity contribution is 5.10. The van der Waals surface area contributed by atoms with E-state index in [0.717, 1.165) is 5.56 Å². The van der Waals surface area contributed by atoms with Crippen LogP contribution in [0.5, 0.6) is 0 Å². The van der Waals surface area contributed by atoms with Gasteiger partial charge in [0.15, 0.2) is 0 Å². The predicted molar refractivity (Wildman–Crippen MR) is 30.3 cm³/mol. The van der Waals surface area contributed by atoms with Crippen LogP contribution in [-0.4, -0.2) is 9.97 Å². The topological polar surface area (TPSA) is 49.6 Å². The molecule has 0 atom stereocenters. The number of aromatic nitrogens is 2. The van der Waals surface area contributed by atoms with Gasteiger partial charge in [-0.25, -0.2) is 9.97 Å². The van der Waals surface area contributed by atoms with Gasteiger partial charge in [0.05, 0.1) is 6.20 Å². The molecule has 0 saturated heterocycles. The molecule has 1 heterocycles. The molecule has 3 nitrogen and oxygen atoms in total. The molecular formula is C6H4N3. The van der Waals surface area contributed by atoms with Crippen molar-refractivity contribution in [1.82, 2.24) is 9.97 Å². The van der Waals surface area contributed by atoms with E-state index in [1.165, 1.54) is 0 Å². The first-order valence-electron chi connectivity index (χ1n) is 2.44. The normalized spacial score (nSPS) is 8.44. The molecule has 1 aromatic rings. The Kier molecular flexibility index (Phi) is 1.41. The van der Waals surface area contributed by atoms with Crippen molar-refractivity contribution in [3.63, 3.8) is 0 Å². The molecular weight excluding hydrogens is 114 g/mol. The molecule has 0 aliphatic heterocycles. The molecule has 1 rings (SSSR count). The second-order valence-electron chi connectivity index (χ2n) is 1.60. The van der Waals surface area contributed by atoms with Gasteiger partial charge < -0.3 is 0 Å². The van der Waals surface area contributed by atoms with Crippen molar-refractivity contribution in [2.45, 2.75) is 6.92 Å². The Balaban J connectivity index is 3.06. The Morgan fingerprint density at radius 3 is 3.00 bits per heavy atom. The molecule has 0 bridgehead atoms. The number of nitrogens with zero attached hydrogens (tertiary/aromatic N) is 3. The van der Waals surface area contributed by atoms with Gasteiger partial charge in [-0.2, -0.15) is 5.26 Å². The molecule has 3 heteroatoms. The lowest BCUT2D eigenvalue weighted by atomic mass is 10.4. The summed E-state index contributed by atoms with van der Waals surface area (Å²) in [5, 5.41) is 8.23. The lowest BCUT2D eigenvalue weighted by Gasteiger charge is -1.85. The highest BCUT2D eigenvalue weighted by Gasteiger charge is 1.89. The molecule has 0 unspecified atom stereocenters. The molecule has 0 spiro atoms. The number of aryl methyl sites for hydroxylation is 1. The fourth-order valence-electron chi connectivity index (χ4n) is 0.411. The van der Waals surface area contributed by atoms with Gasteiger partial charge in [-0.3, -0.25) is 0 Å². The molecule has 1 aromatic heterocycles. The molecule has 0 aliphatic rings. The van der Waals surface area contributed by atoms with Crippen molar-refractivity contribution in [2.75, 3.05) is 0 Å². The van der Waals surface area contributed by atoms with E-state index < -0.39 is 0 Å². The number of hydrogen-bond donors (Lipinski definition) is 0. The molecule has 0 aromatic carbocycles. The van der Waals surface area contributed by atoms with Gasteiger partial charge in [0.25, 0.3) is 0 Å². The third-order valence-corrected chi connectivity index (χ3v) is 0.819. The average Bonchev–Trinajstić information content (AvgIpc) is 1.90. The molecule has 0 aliphatic carbocycles. The molecule has 0 N–H and O–H groups in total. The maximum Gasteiger partial charge on any atom is 0.232 e. The van der Waals surface area contributed by atoms with E-state index in [9.17, 15) is 0 Å². The maximum atomic E-state index is 8.23. The Labute approximate surface area is 53.0 Å². The molecule has 0 saturated carbocycles. The molecule has 1 radical (unpaired) electrons. The standard InChI is InChI=1S/C6H4N3/c1-5-3-8-6(2-7)9-4-5/h3H,1H3. The van der Waals surface area contributed by atoms with E-state index in [1.54, 1.807) is 12.3 Å². The quantitative estimate of drug-likeness (QED) is 0.497. The smallest absolute Gasteiger partial charge is 0.227 e. The third kappa shape index (κ3) is 1.23. The van der Waals surface area contributed by atoms with Crippen LogP contribution in [0.2, 0.25) is 0 Å². The summed E-state index contributed by atoms with van der Waals surface area (Å²) in [5.41, 5.74) is 0.842. The fourth-order valence-corrected chi connectivity index (χ4v) is 0.411. The lowest BCUT2D eigenvalue weighted by molar-refractivity contribution is 1.07. The van der Waals surface area contributed by atoms with Crippen LogP contribution in [0.3, 0.4) is 0 Å². The zero-order valence-corrected chi connectivity index (χ0v) is 4.92. The fraction of sp³-hybridized carbons (Fsp3) is 0.167. The van der Waals surface area contributed by atoms with Gasteiger partial charge in [-0.1, -0.05) is 0 Å². The van der Waals surface area contributed by atoms with E-state index in [-0.39, 0.29) is 5.82 Å². The zero-order valence-electron chi connectivity index (χ0n) is 4.92. The van der Waals surface area contributed by atoms with Crippen molar-refractivity contribution >= 4 is 0 Å². The van der Waals surface area contributed by atoms with Crippen LogP contribution in [0.1, 0.15) is 11.4 Å². The summed E-state index contributed by atoms with van der Waals surface area (Å²) in [5.74, 6) is 0.167. The zero-order chi connectivity index (χ0) is 6.69. The van der Waals surface area contributed by atoms with Crippen LogP contribution in [0.15, 0.2) is 6.20 Å². The molecule has 9 heavy (non-hydrogen) atoms. The van der Waals surface area contributed by atoms with E-state index in [1.807, 2.05) is 6.92 Å². The second kappa shape index (κ2) is 2.23. The van der Waals surface area contributed by atoms with Crippen molar-refractivity contribution in [3.05, 3.63) is 23.8 Å². The van der Waals surface area contributed by atoms with Gasteiger partial charge in [0, 0.05) is 6.20 Å². The minimum atomic E-state index is 0.167. The number of rotatable bonds is 0. The summed E-state index contributed by atoms with van der Waals surface area (Å²) in [6, 6.07) is 1.80. The molecule has 43 valence electrons. The SMILES string of the molecule is Cc1[c]nc(C#N)nc1. The molecule has 0 amide bonds. The van der Waals surface area contributed by atoms with Crippen LogP contribution >= 0.6 is 0 Å². The van der Waals surface area contributed by atoms with E-state index in [2.05, 4.69) is 16.2 Å². The van der Waals surface area contributed by atoms with Gasteiger partial charge in [-0.15, -0.1) is 0 Å². The first-order valence-corrected chi connectivity index (χ1v) is 2.44. The predicted octanol–water partition coefficient (Wildman–Crippen LogP) is 0.457. The summed E-state index contributed by atoms with van der Waals surface area (Å²) >= 11 is 0. The first-order chi connectivity index (χ1) is 4.33. The lowest BCUT2D eigenvalue weighted by Crippen LogP contribution is -1.87. The van der Waals surface area contributed by atoms with Gasteiger partial charge in [0.2, 0.25) is 5.82 Å². The summed E-state index contributed by atoms with van der Waals surface area (Å²) in [7, 11) is 0. The van der Waals surface area contributed by atoms with Gasteiger partial charge in [0.1, 0.15) is 6.07 Å². The van der Waals surface area contributed by atoms with Gasteiger partial charge >= 0.3 is 0 Å². The van der Waals surface area contributed by atoms with Crippen molar-refractivity contribution in [3.8, 4) is 6.07 Å². The Morgan fingerprint density at radius 2 is 2.56 bits per heavy atom. The van der Waals surface area contributed by atoms with Crippen LogP contribution in [0.4, 0.5) is 0 Å². The summed E-state index contributed by atoms with van der Waals surface area (Å²) < 4.78 is 0. The monoisotopic (exact) mass is 118 g/mol. The summed E-state index contributed by atoms with van der Waals surface area (Å²) in [6.07, 6.45) is 4.18. The third-order valence-electron chi connectivity index (χ3n) is 0.819. The Hall–Kier alpha value is -1.43. The second-order valence-corrected chi connectivity index (χ2v) is 1.60. The minimum Gasteiger partial charge on any atom is -0.227 e. The Morgan fingerprint density at radius 1 is 1.78 bits per heavy atom. The summed E-state index contributed by atoms with van der Waals surface area (Å²) in [6.45, 7) is 1.82. The van der Waals surface area contributed by atoms with Crippen molar-refractivity contribution in [2.24, 2.45) is 0 Å². The Bertz CT molecular complexity index is 231. The maximum absolute atomic E-state index is 8.23. The first kappa shape index (κ1) is 5.70. The highest BCUT2D eigenvalue weighted by atomic mass is 14.9. The van der Waals surface area contributed by atoms with Crippen LogP contribution in [0.25, 0.3) is 0 Å². The van der Waals surface area contributed by atoms with Gasteiger partial charge in [-0.05, 0) is 12.5 Å². The largest absolute Gasteiger partial charge is 0.232 e. The number of hydrogen-bond acceptors (Lipinski definition) is 3. The van der Waals surface area contributed by atoms with E-state index in [4.69, 9.17) is 5.26 Å². The van der Waals surface area contributed by atoms with Crippen LogP contribution in [-0.2, 0) is 0 Å². The highest BCUT2D eigenvalue weighted by Crippen LogP contribution is 1.88. The average molecular weight is 118 g/mol.